The van der Waals surface area contributed by atoms with Crippen molar-refractivity contribution in [2.45, 2.75) is 0 Å². The lowest BCUT2D eigenvalue weighted by Crippen LogP contribution is -2.36. The molecular weight excluding hydrogens is 440 g/mol. The van der Waals surface area contributed by atoms with Crippen LogP contribution in [0.3, 0.4) is 0 Å². The molecule has 1 fully saturated rings. The smallest absolute Gasteiger partial charge is 0.337 e. The number of anilines is 1. The molecule has 0 radical (unpaired) electrons. The Kier molecular flexibility index (Phi) is 4.74. The number of aromatic amines is 1. The van der Waals surface area contributed by atoms with E-state index in [0.29, 0.717) is 19.0 Å². The molecule has 1 aliphatic rings. The SMILES string of the molecule is O=C(O)c1cncc(-c2cc3nc(-c4cccc5[nH]ncc45)nc(N4CCOCC4)c3s2)c1. The minimum atomic E-state index is -1.00. The van der Waals surface area contributed by atoms with Crippen LogP contribution in [0.5, 0.6) is 0 Å². The van der Waals surface area contributed by atoms with E-state index in [4.69, 9.17) is 14.7 Å². The lowest BCUT2D eigenvalue weighted by atomic mass is 10.1. The first-order valence-electron chi connectivity index (χ1n) is 10.4. The number of benzene rings is 1. The Bertz CT molecular complexity index is 1500. The largest absolute Gasteiger partial charge is 0.478 e. The Morgan fingerprint density at radius 1 is 1.12 bits per heavy atom. The summed E-state index contributed by atoms with van der Waals surface area (Å²) in [5.41, 5.74) is 3.52. The van der Waals surface area contributed by atoms with Gasteiger partial charge in [0, 0.05) is 46.9 Å². The summed E-state index contributed by atoms with van der Waals surface area (Å²) >= 11 is 1.54. The van der Waals surface area contributed by atoms with Gasteiger partial charge in [0.25, 0.3) is 0 Å². The highest BCUT2D eigenvalue weighted by Crippen LogP contribution is 2.39. The second kappa shape index (κ2) is 7.91. The molecule has 0 spiro atoms. The summed E-state index contributed by atoms with van der Waals surface area (Å²) in [5, 5.41) is 17.5. The van der Waals surface area contributed by atoms with Gasteiger partial charge in [-0.2, -0.15) is 5.10 Å². The van der Waals surface area contributed by atoms with E-state index in [1.165, 1.54) is 6.20 Å². The number of rotatable bonds is 4. The Morgan fingerprint density at radius 2 is 2.00 bits per heavy atom. The number of hydrogen-bond acceptors (Lipinski definition) is 8. The van der Waals surface area contributed by atoms with Gasteiger partial charge in [0.1, 0.15) is 0 Å². The summed E-state index contributed by atoms with van der Waals surface area (Å²) in [6.45, 7) is 2.76. The van der Waals surface area contributed by atoms with Crippen molar-refractivity contribution in [3.8, 4) is 21.8 Å². The Labute approximate surface area is 191 Å². The summed E-state index contributed by atoms with van der Waals surface area (Å²) in [4.78, 5) is 28.5. The van der Waals surface area contributed by atoms with Gasteiger partial charge >= 0.3 is 5.97 Å². The molecule has 1 saturated heterocycles. The Hall–Kier alpha value is -3.89. The third-order valence-electron chi connectivity index (χ3n) is 5.66. The van der Waals surface area contributed by atoms with Crippen LogP contribution in [0.2, 0.25) is 0 Å². The quantitative estimate of drug-likeness (QED) is 0.417. The van der Waals surface area contributed by atoms with Gasteiger partial charge in [-0.3, -0.25) is 10.1 Å². The highest BCUT2D eigenvalue weighted by Gasteiger charge is 2.21. The van der Waals surface area contributed by atoms with E-state index < -0.39 is 5.97 Å². The number of carboxylic acid groups (broad SMARTS) is 1. The van der Waals surface area contributed by atoms with Crippen LogP contribution in [-0.2, 0) is 4.74 Å². The van der Waals surface area contributed by atoms with Crippen molar-refractivity contribution < 1.29 is 14.6 Å². The fourth-order valence-corrected chi connectivity index (χ4v) is 5.12. The number of aromatic nitrogens is 5. The molecule has 0 atom stereocenters. The number of carboxylic acids is 1. The highest BCUT2D eigenvalue weighted by atomic mass is 32.1. The zero-order valence-corrected chi connectivity index (χ0v) is 18.2. The van der Waals surface area contributed by atoms with Crippen LogP contribution >= 0.6 is 11.3 Å². The molecule has 0 aliphatic carbocycles. The summed E-state index contributed by atoms with van der Waals surface area (Å²) in [6, 6.07) is 9.54. The third kappa shape index (κ3) is 3.49. The van der Waals surface area contributed by atoms with E-state index in [1.54, 1.807) is 29.8 Å². The average Bonchev–Trinajstić information content (AvgIpc) is 3.51. The third-order valence-corrected chi connectivity index (χ3v) is 6.83. The number of hydrogen-bond donors (Lipinski definition) is 2. The first-order chi connectivity index (χ1) is 16.2. The molecule has 10 heteroatoms. The first-order valence-corrected chi connectivity index (χ1v) is 11.2. The van der Waals surface area contributed by atoms with Crippen molar-refractivity contribution in [3.05, 3.63) is 54.5 Å². The van der Waals surface area contributed by atoms with Crippen molar-refractivity contribution in [2.24, 2.45) is 0 Å². The van der Waals surface area contributed by atoms with E-state index >= 15 is 0 Å². The summed E-state index contributed by atoms with van der Waals surface area (Å²) in [7, 11) is 0. The first kappa shape index (κ1) is 19.8. The van der Waals surface area contributed by atoms with Crippen LogP contribution < -0.4 is 4.90 Å². The molecule has 5 heterocycles. The van der Waals surface area contributed by atoms with Gasteiger partial charge in [0.15, 0.2) is 11.6 Å². The Balaban J connectivity index is 1.56. The van der Waals surface area contributed by atoms with Crippen molar-refractivity contribution in [1.82, 2.24) is 25.1 Å². The van der Waals surface area contributed by atoms with Crippen molar-refractivity contribution in [1.29, 1.82) is 0 Å². The number of fused-ring (bicyclic) bond motifs is 2. The lowest BCUT2D eigenvalue weighted by Gasteiger charge is -2.28. The predicted molar refractivity (Wildman–Crippen MR) is 126 cm³/mol. The van der Waals surface area contributed by atoms with Gasteiger partial charge < -0.3 is 14.7 Å². The van der Waals surface area contributed by atoms with E-state index in [2.05, 4.69) is 20.1 Å². The van der Waals surface area contributed by atoms with Crippen LogP contribution in [-0.4, -0.2) is 62.5 Å². The monoisotopic (exact) mass is 458 g/mol. The molecule has 4 aromatic heterocycles. The van der Waals surface area contributed by atoms with Crippen LogP contribution in [0.25, 0.3) is 42.9 Å². The topological polar surface area (TPSA) is 117 Å². The number of nitrogens with zero attached hydrogens (tertiary/aromatic N) is 5. The summed E-state index contributed by atoms with van der Waals surface area (Å²) in [5.74, 6) is 0.477. The van der Waals surface area contributed by atoms with Crippen LogP contribution in [0, 0.1) is 0 Å². The fourth-order valence-electron chi connectivity index (χ4n) is 4.02. The normalized spacial score (nSPS) is 14.2. The van der Waals surface area contributed by atoms with Crippen LogP contribution in [0.15, 0.2) is 48.9 Å². The maximum absolute atomic E-state index is 11.4. The molecule has 0 unspecified atom stereocenters. The number of morpholine rings is 1. The van der Waals surface area contributed by atoms with Crippen molar-refractivity contribution in [3.63, 3.8) is 0 Å². The van der Waals surface area contributed by atoms with Gasteiger partial charge in [-0.05, 0) is 18.2 Å². The van der Waals surface area contributed by atoms with E-state index in [-0.39, 0.29) is 5.56 Å². The van der Waals surface area contributed by atoms with E-state index in [9.17, 15) is 9.90 Å². The van der Waals surface area contributed by atoms with Gasteiger partial charge in [-0.15, -0.1) is 11.3 Å². The molecule has 9 nitrogen and oxygen atoms in total. The number of nitrogens with one attached hydrogen (secondary N) is 1. The fraction of sp³-hybridized carbons (Fsp3) is 0.174. The van der Waals surface area contributed by atoms with Crippen LogP contribution in [0.1, 0.15) is 10.4 Å². The molecular formula is C23H18N6O3S. The minimum absolute atomic E-state index is 0.150. The van der Waals surface area contributed by atoms with Gasteiger partial charge in [0.05, 0.1) is 40.7 Å². The predicted octanol–water partition coefficient (Wildman–Crippen LogP) is 3.83. The number of ether oxygens (including phenoxy) is 1. The zero-order valence-electron chi connectivity index (χ0n) is 17.4. The van der Waals surface area contributed by atoms with Crippen molar-refractivity contribution >= 4 is 44.2 Å². The molecule has 5 aromatic rings. The molecule has 1 aromatic carbocycles. The second-order valence-corrected chi connectivity index (χ2v) is 8.75. The van der Waals surface area contributed by atoms with Crippen LogP contribution in [0.4, 0.5) is 5.82 Å². The lowest BCUT2D eigenvalue weighted by molar-refractivity contribution is 0.0696. The molecule has 2 N–H and O–H groups in total. The maximum Gasteiger partial charge on any atom is 0.337 e. The minimum Gasteiger partial charge on any atom is -0.478 e. The average molecular weight is 459 g/mol. The molecule has 1 aliphatic heterocycles. The zero-order chi connectivity index (χ0) is 22.4. The molecule has 33 heavy (non-hydrogen) atoms. The van der Waals surface area contributed by atoms with E-state index in [0.717, 1.165) is 56.0 Å². The highest BCUT2D eigenvalue weighted by molar-refractivity contribution is 7.22. The molecule has 164 valence electrons. The second-order valence-electron chi connectivity index (χ2n) is 7.70. The molecule has 6 rings (SSSR count). The molecule has 0 saturated carbocycles. The number of pyridine rings is 1. The summed E-state index contributed by atoms with van der Waals surface area (Å²) in [6.07, 6.45) is 4.81. The number of thiophene rings is 1. The molecule has 0 amide bonds. The molecule has 0 bridgehead atoms. The number of aromatic carboxylic acids is 1. The van der Waals surface area contributed by atoms with E-state index in [1.807, 2.05) is 24.3 Å². The Morgan fingerprint density at radius 3 is 2.85 bits per heavy atom. The summed E-state index contributed by atoms with van der Waals surface area (Å²) < 4.78 is 6.50. The van der Waals surface area contributed by atoms with Gasteiger partial charge in [-0.25, -0.2) is 14.8 Å². The van der Waals surface area contributed by atoms with Gasteiger partial charge in [0.2, 0.25) is 0 Å². The van der Waals surface area contributed by atoms with Gasteiger partial charge in [-0.1, -0.05) is 12.1 Å². The number of carbonyl (C=O) groups is 1. The van der Waals surface area contributed by atoms with Crippen molar-refractivity contribution in [2.75, 3.05) is 31.2 Å². The number of H-pyrrole nitrogens is 1. The standard InChI is InChI=1S/C23H18N6O3S/c30-23(31)14-8-13(10-24-11-14)19-9-18-20(33-19)22(29-4-6-32-7-5-29)27-21(26-18)15-2-1-3-17-16(15)12-25-28-17/h1-3,8-12H,4-7H2,(H,25,28)(H,30,31). The maximum atomic E-state index is 11.4.